The van der Waals surface area contributed by atoms with E-state index in [1.54, 1.807) is 18.2 Å². The summed E-state index contributed by atoms with van der Waals surface area (Å²) in [6.07, 6.45) is 3.01. The van der Waals surface area contributed by atoms with E-state index in [2.05, 4.69) is 15.6 Å². The fraction of sp³-hybridized carbons (Fsp3) is 0.684. The number of carbonyl (C=O) groups excluding carboxylic acids is 1. The van der Waals surface area contributed by atoms with Crippen LogP contribution < -0.4 is 10.6 Å². The summed E-state index contributed by atoms with van der Waals surface area (Å²) in [4.78, 5) is 18.2. The van der Waals surface area contributed by atoms with Gasteiger partial charge in [-0.3, -0.25) is 4.99 Å². The number of amides is 1. The summed E-state index contributed by atoms with van der Waals surface area (Å²) < 4.78 is 10.8. The molecule has 0 saturated heterocycles. The van der Waals surface area contributed by atoms with Crippen LogP contribution in [0.4, 0.5) is 4.79 Å². The van der Waals surface area contributed by atoms with Crippen LogP contribution >= 0.6 is 0 Å². The molecule has 0 unspecified atom stereocenters. The third kappa shape index (κ3) is 8.78. The number of ether oxygens (including phenoxy) is 1. The molecule has 0 aliphatic carbocycles. The summed E-state index contributed by atoms with van der Waals surface area (Å²) in [6, 6.07) is 3.93. The molecule has 1 aromatic rings. The van der Waals surface area contributed by atoms with E-state index in [1.807, 2.05) is 46.8 Å². The number of aliphatic imine (C=N–C) groups is 1. The van der Waals surface area contributed by atoms with Gasteiger partial charge >= 0.3 is 6.09 Å². The van der Waals surface area contributed by atoms with Crippen LogP contribution in [0.1, 0.15) is 46.8 Å². The lowest BCUT2D eigenvalue weighted by Gasteiger charge is -2.30. The Kier molecular flexibility index (Phi) is 9.02. The van der Waals surface area contributed by atoms with Crippen molar-refractivity contribution in [2.75, 3.05) is 26.7 Å². The van der Waals surface area contributed by atoms with Crippen LogP contribution in [0, 0.1) is 0 Å². The number of guanidine groups is 1. The smallest absolute Gasteiger partial charge is 0.410 e. The predicted octanol–water partition coefficient (Wildman–Crippen LogP) is 3.02. The molecular weight excluding hydrogens is 332 g/mol. The van der Waals surface area contributed by atoms with Gasteiger partial charge in [-0.05, 0) is 53.2 Å². The molecule has 0 saturated carbocycles. The molecule has 0 radical (unpaired) electrons. The van der Waals surface area contributed by atoms with Crippen molar-refractivity contribution in [2.24, 2.45) is 4.99 Å². The first-order chi connectivity index (χ1) is 12.2. The lowest BCUT2D eigenvalue weighted by molar-refractivity contribution is 0.0190. The van der Waals surface area contributed by atoms with Crippen molar-refractivity contribution in [3.05, 3.63) is 24.2 Å². The summed E-state index contributed by atoms with van der Waals surface area (Å²) >= 11 is 0. The number of furan rings is 1. The molecule has 0 spiro atoms. The molecular formula is C19H34N4O3. The molecule has 26 heavy (non-hydrogen) atoms. The molecule has 7 heteroatoms. The molecule has 2 N–H and O–H groups in total. The van der Waals surface area contributed by atoms with Crippen LogP contribution in [0.15, 0.2) is 27.8 Å². The van der Waals surface area contributed by atoms with Crippen molar-refractivity contribution in [3.8, 4) is 0 Å². The Bertz CT molecular complexity index is 548. The number of nitrogens with one attached hydrogen (secondary N) is 2. The minimum Gasteiger partial charge on any atom is -0.469 e. The normalized spacial score (nSPS) is 12.2. The molecule has 0 aromatic carbocycles. The Morgan fingerprint density at radius 2 is 2.00 bits per heavy atom. The van der Waals surface area contributed by atoms with Crippen molar-refractivity contribution in [1.82, 2.24) is 15.5 Å². The minimum absolute atomic E-state index is 0.0931. The zero-order valence-corrected chi connectivity index (χ0v) is 17.0. The summed E-state index contributed by atoms with van der Waals surface area (Å²) in [7, 11) is 1.74. The Balaban J connectivity index is 2.31. The van der Waals surface area contributed by atoms with Gasteiger partial charge in [-0.1, -0.05) is 0 Å². The van der Waals surface area contributed by atoms with Gasteiger partial charge in [0.2, 0.25) is 0 Å². The van der Waals surface area contributed by atoms with E-state index in [9.17, 15) is 4.79 Å². The van der Waals surface area contributed by atoms with Crippen molar-refractivity contribution >= 4 is 12.1 Å². The Labute approximate surface area is 157 Å². The van der Waals surface area contributed by atoms with Crippen LogP contribution in [-0.2, 0) is 11.2 Å². The molecule has 0 atom stereocenters. The van der Waals surface area contributed by atoms with Gasteiger partial charge in [0.25, 0.3) is 0 Å². The number of hydrogen-bond acceptors (Lipinski definition) is 4. The summed E-state index contributed by atoms with van der Waals surface area (Å²) in [6.45, 7) is 11.7. The fourth-order valence-electron chi connectivity index (χ4n) is 2.32. The van der Waals surface area contributed by atoms with Crippen molar-refractivity contribution in [2.45, 2.75) is 59.1 Å². The highest BCUT2D eigenvalue weighted by atomic mass is 16.6. The first-order valence-corrected chi connectivity index (χ1v) is 9.19. The Morgan fingerprint density at radius 3 is 2.54 bits per heavy atom. The second-order valence-corrected chi connectivity index (χ2v) is 7.38. The summed E-state index contributed by atoms with van der Waals surface area (Å²) in [5, 5.41) is 6.51. The van der Waals surface area contributed by atoms with E-state index >= 15 is 0 Å². The SMILES string of the molecule is CN=C(NCCCN(C(=O)OC(C)(C)C)C(C)C)NCCc1ccco1. The lowest BCUT2D eigenvalue weighted by Crippen LogP contribution is -2.43. The molecule has 0 fully saturated rings. The maximum Gasteiger partial charge on any atom is 0.410 e. The highest BCUT2D eigenvalue weighted by Gasteiger charge is 2.23. The molecule has 1 heterocycles. The van der Waals surface area contributed by atoms with Gasteiger partial charge < -0.3 is 24.7 Å². The van der Waals surface area contributed by atoms with E-state index in [0.29, 0.717) is 13.1 Å². The van der Waals surface area contributed by atoms with Crippen LogP contribution in [0.5, 0.6) is 0 Å². The Hall–Kier alpha value is -2.18. The average molecular weight is 367 g/mol. The zero-order valence-electron chi connectivity index (χ0n) is 17.0. The largest absolute Gasteiger partial charge is 0.469 e. The van der Waals surface area contributed by atoms with E-state index in [0.717, 1.165) is 31.1 Å². The summed E-state index contributed by atoms with van der Waals surface area (Å²) in [5.41, 5.74) is -0.484. The van der Waals surface area contributed by atoms with E-state index < -0.39 is 5.60 Å². The zero-order chi connectivity index (χ0) is 19.6. The molecule has 0 bridgehead atoms. The maximum atomic E-state index is 12.3. The number of carbonyl (C=O) groups is 1. The topological polar surface area (TPSA) is 79.1 Å². The molecule has 0 aliphatic heterocycles. The maximum absolute atomic E-state index is 12.3. The fourth-order valence-corrected chi connectivity index (χ4v) is 2.32. The van der Waals surface area contributed by atoms with Gasteiger partial charge in [-0.25, -0.2) is 4.79 Å². The minimum atomic E-state index is -0.484. The first-order valence-electron chi connectivity index (χ1n) is 9.19. The van der Waals surface area contributed by atoms with Crippen molar-refractivity contribution in [1.29, 1.82) is 0 Å². The molecule has 148 valence electrons. The number of hydrogen-bond donors (Lipinski definition) is 2. The highest BCUT2D eigenvalue weighted by molar-refractivity contribution is 5.79. The second kappa shape index (κ2) is 10.7. The van der Waals surface area contributed by atoms with E-state index in [1.165, 1.54) is 0 Å². The van der Waals surface area contributed by atoms with Crippen LogP contribution in [0.3, 0.4) is 0 Å². The number of rotatable bonds is 8. The van der Waals surface area contributed by atoms with Crippen molar-refractivity contribution in [3.63, 3.8) is 0 Å². The first kappa shape index (κ1) is 21.9. The van der Waals surface area contributed by atoms with Crippen LogP contribution in [0.2, 0.25) is 0 Å². The second-order valence-electron chi connectivity index (χ2n) is 7.38. The van der Waals surface area contributed by atoms with E-state index in [-0.39, 0.29) is 12.1 Å². The van der Waals surface area contributed by atoms with E-state index in [4.69, 9.17) is 9.15 Å². The third-order valence-electron chi connectivity index (χ3n) is 3.59. The van der Waals surface area contributed by atoms with Gasteiger partial charge in [0.05, 0.1) is 6.26 Å². The van der Waals surface area contributed by atoms with Gasteiger partial charge in [0.15, 0.2) is 5.96 Å². The molecule has 1 amide bonds. The van der Waals surface area contributed by atoms with Gasteiger partial charge in [-0.15, -0.1) is 0 Å². The molecule has 1 rings (SSSR count). The summed E-state index contributed by atoms with van der Waals surface area (Å²) in [5.74, 6) is 1.68. The van der Waals surface area contributed by atoms with Crippen LogP contribution in [-0.4, -0.2) is 55.3 Å². The lowest BCUT2D eigenvalue weighted by atomic mass is 10.2. The highest BCUT2D eigenvalue weighted by Crippen LogP contribution is 2.12. The molecule has 1 aromatic heterocycles. The monoisotopic (exact) mass is 366 g/mol. The average Bonchev–Trinajstić information content (AvgIpc) is 3.04. The van der Waals surface area contributed by atoms with Gasteiger partial charge in [0.1, 0.15) is 11.4 Å². The molecule has 7 nitrogen and oxygen atoms in total. The predicted molar refractivity (Wildman–Crippen MR) is 104 cm³/mol. The van der Waals surface area contributed by atoms with Crippen LogP contribution in [0.25, 0.3) is 0 Å². The quantitative estimate of drug-likeness (QED) is 0.420. The van der Waals surface area contributed by atoms with Gasteiger partial charge in [0, 0.05) is 39.1 Å². The Morgan fingerprint density at radius 1 is 1.31 bits per heavy atom. The third-order valence-corrected chi connectivity index (χ3v) is 3.59. The standard InChI is InChI=1S/C19H34N4O3/c1-15(2)23(18(24)26-19(3,4)5)13-8-11-21-17(20-6)22-12-10-16-9-7-14-25-16/h7,9,14-15H,8,10-13H2,1-6H3,(H2,20,21,22). The molecule has 0 aliphatic rings. The van der Waals surface area contributed by atoms with Gasteiger partial charge in [-0.2, -0.15) is 0 Å². The van der Waals surface area contributed by atoms with Crippen molar-refractivity contribution < 1.29 is 13.9 Å². The number of nitrogens with zero attached hydrogens (tertiary/aromatic N) is 2.